The molecule has 31 heavy (non-hydrogen) atoms. The van der Waals surface area contributed by atoms with Crippen LogP contribution in [-0.4, -0.2) is 43.8 Å². The molecule has 2 unspecified atom stereocenters. The van der Waals surface area contributed by atoms with Crippen LogP contribution in [-0.2, 0) is 6.54 Å². The molecule has 5 rings (SSSR count). The Labute approximate surface area is 182 Å². The second kappa shape index (κ2) is 8.55. The Morgan fingerprint density at radius 3 is 2.94 bits per heavy atom. The molecule has 1 aromatic carbocycles. The third kappa shape index (κ3) is 4.08. The van der Waals surface area contributed by atoms with Gasteiger partial charge in [-0.05, 0) is 68.5 Å². The smallest absolute Gasteiger partial charge is 0.289 e. The number of para-hydroxylation sites is 2. The molecule has 1 aliphatic rings. The molecular weight excluding hydrogens is 386 g/mol. The molecular formula is C25H29N5O. The zero-order valence-electron chi connectivity index (χ0n) is 17.9. The summed E-state index contributed by atoms with van der Waals surface area (Å²) < 4.78 is 2.16. The number of fused-ring (bicyclic) bond motifs is 2. The summed E-state index contributed by atoms with van der Waals surface area (Å²) in [5.41, 5.74) is 4.25. The van der Waals surface area contributed by atoms with Crippen LogP contribution < -0.4 is 5.32 Å². The number of rotatable bonds is 6. The lowest BCUT2D eigenvalue weighted by atomic mass is 9.89. The summed E-state index contributed by atoms with van der Waals surface area (Å²) >= 11 is 0. The summed E-state index contributed by atoms with van der Waals surface area (Å²) in [4.78, 5) is 23.0. The largest absolute Gasteiger partial charge is 0.334 e. The minimum Gasteiger partial charge on any atom is -0.334 e. The summed E-state index contributed by atoms with van der Waals surface area (Å²) in [6.07, 6.45) is 8.58. The average molecular weight is 416 g/mol. The number of nitrogens with one attached hydrogen (secondary N) is 2. The van der Waals surface area contributed by atoms with Crippen molar-refractivity contribution in [2.75, 3.05) is 6.54 Å². The third-order valence-electron chi connectivity index (χ3n) is 6.44. The maximum Gasteiger partial charge on any atom is 0.289 e. The first-order valence-electron chi connectivity index (χ1n) is 11.3. The average Bonchev–Trinajstić information content (AvgIpc) is 3.42. The quantitative estimate of drug-likeness (QED) is 0.491. The van der Waals surface area contributed by atoms with Crippen molar-refractivity contribution in [3.05, 3.63) is 72.3 Å². The van der Waals surface area contributed by atoms with Gasteiger partial charge in [0.1, 0.15) is 0 Å². The Kier molecular flexibility index (Phi) is 5.47. The molecule has 0 radical (unpaired) electrons. The highest BCUT2D eigenvalue weighted by Crippen LogP contribution is 2.25. The zero-order valence-corrected chi connectivity index (χ0v) is 17.9. The second-order valence-electron chi connectivity index (χ2n) is 8.47. The molecule has 1 fully saturated rings. The van der Waals surface area contributed by atoms with Crippen LogP contribution in [0.3, 0.4) is 0 Å². The highest BCUT2D eigenvalue weighted by Gasteiger charge is 2.30. The van der Waals surface area contributed by atoms with E-state index in [1.807, 2.05) is 35.2 Å². The van der Waals surface area contributed by atoms with E-state index < -0.39 is 0 Å². The van der Waals surface area contributed by atoms with E-state index in [4.69, 9.17) is 0 Å². The highest BCUT2D eigenvalue weighted by molar-refractivity contribution is 5.94. The molecule has 6 nitrogen and oxygen atoms in total. The van der Waals surface area contributed by atoms with Crippen molar-refractivity contribution in [3.8, 4) is 0 Å². The van der Waals surface area contributed by atoms with Gasteiger partial charge in [0.15, 0.2) is 5.82 Å². The SMILES string of the molecule is CCN(C(=O)c1nc2ccccc2[nH]1)C1CCCC(NCc2cc3ccccn3c2)C1. The summed E-state index contributed by atoms with van der Waals surface area (Å²) in [7, 11) is 0. The van der Waals surface area contributed by atoms with E-state index in [1.165, 1.54) is 11.1 Å². The van der Waals surface area contributed by atoms with Gasteiger partial charge in [0.05, 0.1) is 11.0 Å². The number of carbonyl (C=O) groups excluding carboxylic acids is 1. The first kappa shape index (κ1) is 19.8. The molecule has 0 bridgehead atoms. The van der Waals surface area contributed by atoms with Gasteiger partial charge in [0, 0.05) is 43.1 Å². The van der Waals surface area contributed by atoms with Crippen LogP contribution in [0, 0.1) is 0 Å². The van der Waals surface area contributed by atoms with E-state index in [9.17, 15) is 4.79 Å². The standard InChI is InChI=1S/C25H29N5O/c1-2-30(25(31)24-27-22-11-3-4-12-23(22)28-24)21-10-7-8-19(15-21)26-16-18-14-20-9-5-6-13-29(20)17-18/h3-6,9,11-14,17,19,21,26H,2,7-8,10,15-16H2,1H3,(H,27,28). The van der Waals surface area contributed by atoms with Crippen molar-refractivity contribution in [1.82, 2.24) is 24.6 Å². The number of aromatic amines is 1. The normalized spacial score (nSPS) is 19.1. The van der Waals surface area contributed by atoms with Crippen LogP contribution in [0.1, 0.15) is 48.8 Å². The monoisotopic (exact) mass is 415 g/mol. The number of nitrogens with zero attached hydrogens (tertiary/aromatic N) is 3. The Morgan fingerprint density at radius 1 is 1.23 bits per heavy atom. The van der Waals surface area contributed by atoms with Crippen LogP contribution in [0.25, 0.3) is 16.6 Å². The van der Waals surface area contributed by atoms with Crippen LogP contribution >= 0.6 is 0 Å². The summed E-state index contributed by atoms with van der Waals surface area (Å²) in [5, 5.41) is 3.73. The molecule has 0 aliphatic heterocycles. The number of hydrogen-bond acceptors (Lipinski definition) is 3. The topological polar surface area (TPSA) is 65.4 Å². The van der Waals surface area contributed by atoms with Crippen molar-refractivity contribution in [3.63, 3.8) is 0 Å². The lowest BCUT2D eigenvalue weighted by Crippen LogP contribution is -2.47. The number of amides is 1. The Hall–Kier alpha value is -3.12. The molecule has 160 valence electrons. The van der Waals surface area contributed by atoms with Crippen LogP contribution in [0.15, 0.2) is 60.9 Å². The van der Waals surface area contributed by atoms with Crippen LogP contribution in [0.4, 0.5) is 0 Å². The first-order valence-corrected chi connectivity index (χ1v) is 11.3. The van der Waals surface area contributed by atoms with E-state index in [-0.39, 0.29) is 11.9 Å². The van der Waals surface area contributed by atoms with Gasteiger partial charge >= 0.3 is 0 Å². The van der Waals surface area contributed by atoms with Gasteiger partial charge in [-0.25, -0.2) is 4.98 Å². The lowest BCUT2D eigenvalue weighted by molar-refractivity contribution is 0.0617. The maximum absolute atomic E-state index is 13.2. The molecule has 0 saturated heterocycles. The molecule has 1 aliphatic carbocycles. The van der Waals surface area contributed by atoms with Gasteiger partial charge in [0.2, 0.25) is 0 Å². The van der Waals surface area contributed by atoms with Gasteiger partial charge in [-0.2, -0.15) is 0 Å². The number of H-pyrrole nitrogens is 1. The van der Waals surface area contributed by atoms with E-state index in [1.54, 1.807) is 0 Å². The molecule has 3 heterocycles. The van der Waals surface area contributed by atoms with Crippen molar-refractivity contribution in [1.29, 1.82) is 0 Å². The first-order chi connectivity index (χ1) is 15.2. The summed E-state index contributed by atoms with van der Waals surface area (Å²) in [6.45, 7) is 3.60. The van der Waals surface area contributed by atoms with E-state index >= 15 is 0 Å². The second-order valence-corrected chi connectivity index (χ2v) is 8.47. The number of hydrogen-bond donors (Lipinski definition) is 2. The fourth-order valence-corrected chi connectivity index (χ4v) is 4.86. The maximum atomic E-state index is 13.2. The van der Waals surface area contributed by atoms with Gasteiger partial charge in [-0.15, -0.1) is 0 Å². The van der Waals surface area contributed by atoms with Crippen LogP contribution in [0.5, 0.6) is 0 Å². The number of imidazole rings is 1. The van der Waals surface area contributed by atoms with Crippen LogP contribution in [0.2, 0.25) is 0 Å². The van der Waals surface area contributed by atoms with Crippen molar-refractivity contribution < 1.29 is 4.79 Å². The molecule has 1 amide bonds. The highest BCUT2D eigenvalue weighted by atomic mass is 16.2. The predicted molar refractivity (Wildman–Crippen MR) is 123 cm³/mol. The minimum absolute atomic E-state index is 0.00281. The molecule has 1 saturated carbocycles. The van der Waals surface area contributed by atoms with Crippen molar-refractivity contribution >= 4 is 22.5 Å². The molecule has 6 heteroatoms. The van der Waals surface area contributed by atoms with Crippen molar-refractivity contribution in [2.45, 2.75) is 51.2 Å². The van der Waals surface area contributed by atoms with E-state index in [2.05, 4.69) is 57.2 Å². The third-order valence-corrected chi connectivity index (χ3v) is 6.44. The molecule has 2 N–H and O–H groups in total. The van der Waals surface area contributed by atoms with Gasteiger partial charge in [-0.1, -0.05) is 18.2 Å². The molecule has 4 aromatic rings. The number of aromatic nitrogens is 3. The number of benzene rings is 1. The summed E-state index contributed by atoms with van der Waals surface area (Å²) in [6, 6.07) is 16.9. The summed E-state index contributed by atoms with van der Waals surface area (Å²) in [5.74, 6) is 0.446. The van der Waals surface area contributed by atoms with Gasteiger partial charge < -0.3 is 19.6 Å². The Balaban J connectivity index is 1.25. The lowest BCUT2D eigenvalue weighted by Gasteiger charge is -2.37. The predicted octanol–water partition coefficient (Wildman–Crippen LogP) is 4.38. The fourth-order valence-electron chi connectivity index (χ4n) is 4.86. The number of carbonyl (C=O) groups is 1. The minimum atomic E-state index is 0.00281. The Morgan fingerprint density at radius 2 is 2.10 bits per heavy atom. The van der Waals surface area contributed by atoms with E-state index in [0.29, 0.717) is 18.4 Å². The van der Waals surface area contributed by atoms with E-state index in [0.717, 1.165) is 43.3 Å². The zero-order chi connectivity index (χ0) is 21.2. The van der Waals surface area contributed by atoms with Crippen molar-refractivity contribution in [2.24, 2.45) is 0 Å². The molecule has 3 aromatic heterocycles. The molecule has 0 spiro atoms. The Bertz CT molecular complexity index is 1130. The molecule has 2 atom stereocenters. The van der Waals surface area contributed by atoms with Gasteiger partial charge in [0.25, 0.3) is 5.91 Å². The van der Waals surface area contributed by atoms with Gasteiger partial charge in [-0.3, -0.25) is 4.79 Å². The number of pyridine rings is 1. The fraction of sp³-hybridized carbons (Fsp3) is 0.360.